The molecular formula is C13H25NO. The Bertz CT molecular complexity index is 201. The van der Waals surface area contributed by atoms with E-state index in [-0.39, 0.29) is 0 Å². The molecule has 2 atom stereocenters. The monoisotopic (exact) mass is 211 g/mol. The van der Waals surface area contributed by atoms with E-state index < -0.39 is 0 Å². The lowest BCUT2D eigenvalue weighted by Gasteiger charge is -2.41. The van der Waals surface area contributed by atoms with E-state index in [1.165, 1.54) is 25.7 Å². The summed E-state index contributed by atoms with van der Waals surface area (Å²) in [7, 11) is 0. The topological polar surface area (TPSA) is 12.5 Å². The summed E-state index contributed by atoms with van der Waals surface area (Å²) in [6, 6.07) is 2.31. The molecule has 2 bridgehead atoms. The van der Waals surface area contributed by atoms with E-state index in [9.17, 15) is 0 Å². The zero-order chi connectivity index (χ0) is 11.0. The van der Waals surface area contributed by atoms with Gasteiger partial charge in [-0.05, 0) is 53.4 Å². The highest BCUT2D eigenvalue weighted by Gasteiger charge is 2.42. The van der Waals surface area contributed by atoms with Crippen molar-refractivity contribution >= 4 is 0 Å². The predicted octanol–water partition coefficient (Wildman–Crippen LogP) is 2.82. The maximum atomic E-state index is 5.97. The van der Waals surface area contributed by atoms with Gasteiger partial charge in [-0.3, -0.25) is 4.90 Å². The van der Waals surface area contributed by atoms with Gasteiger partial charge in [0, 0.05) is 18.1 Å². The molecule has 2 heteroatoms. The molecule has 0 aromatic rings. The normalized spacial score (nSPS) is 36.8. The standard InChI is InChI=1S/C13H25NO/c1-9(2)14-11-5-6-12(14)8-13(7-11)15-10(3)4/h9-13H,5-8H2,1-4H3. The van der Waals surface area contributed by atoms with E-state index in [0.717, 1.165) is 12.1 Å². The Balaban J connectivity index is 1.96. The van der Waals surface area contributed by atoms with Crippen molar-refractivity contribution in [1.29, 1.82) is 0 Å². The zero-order valence-corrected chi connectivity index (χ0v) is 10.6. The fraction of sp³-hybridized carbons (Fsp3) is 1.00. The first-order valence-corrected chi connectivity index (χ1v) is 6.50. The average molecular weight is 211 g/mol. The lowest BCUT2D eigenvalue weighted by Crippen LogP contribution is -2.49. The minimum absolute atomic E-state index is 0.389. The summed E-state index contributed by atoms with van der Waals surface area (Å²) in [5.74, 6) is 0. The second-order valence-electron chi connectivity index (χ2n) is 5.70. The van der Waals surface area contributed by atoms with Crippen molar-refractivity contribution in [3.8, 4) is 0 Å². The van der Waals surface area contributed by atoms with Crippen molar-refractivity contribution in [3.63, 3.8) is 0 Å². The molecule has 2 heterocycles. The van der Waals surface area contributed by atoms with E-state index in [2.05, 4.69) is 32.6 Å². The van der Waals surface area contributed by atoms with Gasteiger partial charge in [0.2, 0.25) is 0 Å². The van der Waals surface area contributed by atoms with Crippen LogP contribution in [0.1, 0.15) is 53.4 Å². The van der Waals surface area contributed by atoms with Crippen LogP contribution in [0, 0.1) is 0 Å². The van der Waals surface area contributed by atoms with E-state index in [1.807, 2.05) is 0 Å². The van der Waals surface area contributed by atoms with Gasteiger partial charge in [-0.1, -0.05) is 0 Å². The second-order valence-corrected chi connectivity index (χ2v) is 5.70. The van der Waals surface area contributed by atoms with Gasteiger partial charge in [-0.15, -0.1) is 0 Å². The van der Waals surface area contributed by atoms with Crippen LogP contribution in [-0.2, 0) is 4.74 Å². The van der Waals surface area contributed by atoms with Gasteiger partial charge in [-0.25, -0.2) is 0 Å². The van der Waals surface area contributed by atoms with Crippen LogP contribution < -0.4 is 0 Å². The summed E-state index contributed by atoms with van der Waals surface area (Å²) < 4.78 is 5.97. The maximum Gasteiger partial charge on any atom is 0.0608 e. The predicted molar refractivity (Wildman–Crippen MR) is 63.0 cm³/mol. The fourth-order valence-corrected chi connectivity index (χ4v) is 3.50. The molecular weight excluding hydrogens is 186 g/mol. The number of rotatable bonds is 3. The molecule has 0 radical (unpaired) electrons. The van der Waals surface area contributed by atoms with Crippen LogP contribution in [0.25, 0.3) is 0 Å². The van der Waals surface area contributed by atoms with Gasteiger partial charge in [0.1, 0.15) is 0 Å². The molecule has 2 fully saturated rings. The molecule has 0 aliphatic carbocycles. The van der Waals surface area contributed by atoms with E-state index in [0.29, 0.717) is 18.2 Å². The SMILES string of the molecule is CC(C)OC1CC2CCC(C1)N2C(C)C. The minimum Gasteiger partial charge on any atom is -0.375 e. The first kappa shape index (κ1) is 11.4. The molecule has 0 spiro atoms. The third-order valence-electron chi connectivity index (χ3n) is 3.81. The summed E-state index contributed by atoms with van der Waals surface area (Å²) in [6.07, 6.45) is 6.21. The van der Waals surface area contributed by atoms with Crippen LogP contribution >= 0.6 is 0 Å². The molecule has 0 saturated carbocycles. The van der Waals surface area contributed by atoms with Crippen molar-refractivity contribution < 1.29 is 4.74 Å². The van der Waals surface area contributed by atoms with Crippen LogP contribution in [0.15, 0.2) is 0 Å². The molecule has 2 saturated heterocycles. The number of hydrogen-bond acceptors (Lipinski definition) is 2. The van der Waals surface area contributed by atoms with Crippen molar-refractivity contribution in [2.75, 3.05) is 0 Å². The molecule has 2 unspecified atom stereocenters. The minimum atomic E-state index is 0.389. The molecule has 88 valence electrons. The summed E-state index contributed by atoms with van der Waals surface area (Å²) in [5.41, 5.74) is 0. The van der Waals surface area contributed by atoms with Crippen molar-refractivity contribution in [2.45, 2.75) is 83.7 Å². The lowest BCUT2D eigenvalue weighted by molar-refractivity contribution is -0.0544. The highest BCUT2D eigenvalue weighted by atomic mass is 16.5. The molecule has 15 heavy (non-hydrogen) atoms. The van der Waals surface area contributed by atoms with Crippen molar-refractivity contribution in [1.82, 2.24) is 4.90 Å². The van der Waals surface area contributed by atoms with Crippen LogP contribution in [-0.4, -0.2) is 35.2 Å². The molecule has 2 rings (SSSR count). The molecule has 0 aromatic heterocycles. The highest BCUT2D eigenvalue weighted by Crippen LogP contribution is 2.38. The third-order valence-corrected chi connectivity index (χ3v) is 3.81. The van der Waals surface area contributed by atoms with Crippen LogP contribution in [0.2, 0.25) is 0 Å². The molecule has 2 aliphatic rings. The van der Waals surface area contributed by atoms with Gasteiger partial charge in [0.05, 0.1) is 12.2 Å². The first-order valence-electron chi connectivity index (χ1n) is 6.50. The van der Waals surface area contributed by atoms with Crippen molar-refractivity contribution in [3.05, 3.63) is 0 Å². The average Bonchev–Trinajstić information content (AvgIpc) is 2.38. The Morgan fingerprint density at radius 3 is 1.93 bits per heavy atom. The lowest BCUT2D eigenvalue weighted by atomic mass is 9.98. The Morgan fingerprint density at radius 1 is 1.00 bits per heavy atom. The molecule has 2 aliphatic heterocycles. The van der Waals surface area contributed by atoms with Gasteiger partial charge < -0.3 is 4.74 Å². The smallest absolute Gasteiger partial charge is 0.0608 e. The summed E-state index contributed by atoms with van der Waals surface area (Å²) >= 11 is 0. The number of hydrogen-bond donors (Lipinski definition) is 0. The first-order chi connectivity index (χ1) is 7.08. The van der Waals surface area contributed by atoms with Crippen LogP contribution in [0.5, 0.6) is 0 Å². The molecule has 2 nitrogen and oxygen atoms in total. The number of piperidine rings is 1. The van der Waals surface area contributed by atoms with Gasteiger partial charge >= 0.3 is 0 Å². The molecule has 0 N–H and O–H groups in total. The largest absolute Gasteiger partial charge is 0.375 e. The van der Waals surface area contributed by atoms with E-state index >= 15 is 0 Å². The van der Waals surface area contributed by atoms with Crippen LogP contribution in [0.3, 0.4) is 0 Å². The van der Waals surface area contributed by atoms with Crippen molar-refractivity contribution in [2.24, 2.45) is 0 Å². The second kappa shape index (κ2) is 4.42. The van der Waals surface area contributed by atoms with Crippen LogP contribution in [0.4, 0.5) is 0 Å². The van der Waals surface area contributed by atoms with Gasteiger partial charge in [0.25, 0.3) is 0 Å². The summed E-state index contributed by atoms with van der Waals surface area (Å²) in [5, 5.41) is 0. The zero-order valence-electron chi connectivity index (χ0n) is 10.6. The highest BCUT2D eigenvalue weighted by molar-refractivity contribution is 4.97. The number of ether oxygens (including phenoxy) is 1. The molecule has 0 aromatic carbocycles. The maximum absolute atomic E-state index is 5.97. The molecule has 0 amide bonds. The van der Waals surface area contributed by atoms with Gasteiger partial charge in [-0.2, -0.15) is 0 Å². The Hall–Kier alpha value is -0.0800. The van der Waals surface area contributed by atoms with E-state index in [1.54, 1.807) is 0 Å². The Morgan fingerprint density at radius 2 is 1.53 bits per heavy atom. The quantitative estimate of drug-likeness (QED) is 0.712. The third kappa shape index (κ3) is 2.36. The number of fused-ring (bicyclic) bond motifs is 2. The Kier molecular flexibility index (Phi) is 3.36. The Labute approximate surface area is 94.0 Å². The van der Waals surface area contributed by atoms with Gasteiger partial charge in [0.15, 0.2) is 0 Å². The fourth-order valence-electron chi connectivity index (χ4n) is 3.50. The summed E-state index contributed by atoms with van der Waals surface area (Å²) in [6.45, 7) is 8.96. The van der Waals surface area contributed by atoms with E-state index in [4.69, 9.17) is 4.74 Å². The number of nitrogens with zero attached hydrogens (tertiary/aromatic N) is 1. The summed E-state index contributed by atoms with van der Waals surface area (Å²) in [4.78, 5) is 2.72.